The Bertz CT molecular complexity index is 541. The molecule has 2 fully saturated rings. The monoisotopic (exact) mass is 297 g/mol. The van der Waals surface area contributed by atoms with Crippen molar-refractivity contribution < 1.29 is 18.7 Å². The lowest BCUT2D eigenvalue weighted by molar-refractivity contribution is -0.148. The average molecular weight is 298 g/mol. The standard InChI is InChI=1S/C14H16ClNO4/c1-19-14(18)11-7-2-3-8(6-7)12(11)16-13(17)9-4-5-10(15)20-9/h4-5,7-8,11-12H,2-3,6H2,1H3,(H,16,17)/t7-,8-,11-,12-/m0/s1. The third kappa shape index (κ3) is 2.20. The lowest BCUT2D eigenvalue weighted by Crippen LogP contribution is -2.47. The third-order valence-corrected chi connectivity index (χ3v) is 4.69. The van der Waals surface area contributed by atoms with Crippen molar-refractivity contribution in [2.45, 2.75) is 25.3 Å². The molecule has 1 N–H and O–H groups in total. The van der Waals surface area contributed by atoms with Gasteiger partial charge < -0.3 is 14.5 Å². The largest absolute Gasteiger partial charge is 0.469 e. The first-order valence-electron chi connectivity index (χ1n) is 6.74. The number of rotatable bonds is 3. The van der Waals surface area contributed by atoms with E-state index in [9.17, 15) is 9.59 Å². The van der Waals surface area contributed by atoms with Crippen LogP contribution in [0.25, 0.3) is 0 Å². The Balaban J connectivity index is 1.75. The molecule has 2 aliphatic carbocycles. The molecule has 0 aromatic carbocycles. The fourth-order valence-corrected chi connectivity index (χ4v) is 3.78. The van der Waals surface area contributed by atoms with Crippen LogP contribution in [-0.2, 0) is 9.53 Å². The van der Waals surface area contributed by atoms with Gasteiger partial charge in [-0.15, -0.1) is 0 Å². The highest BCUT2D eigenvalue weighted by atomic mass is 35.5. The van der Waals surface area contributed by atoms with Crippen LogP contribution in [0.3, 0.4) is 0 Å². The van der Waals surface area contributed by atoms with Crippen LogP contribution in [0, 0.1) is 17.8 Å². The molecule has 108 valence electrons. The van der Waals surface area contributed by atoms with Crippen molar-refractivity contribution in [1.29, 1.82) is 0 Å². The molecule has 20 heavy (non-hydrogen) atoms. The van der Waals surface area contributed by atoms with Crippen molar-refractivity contribution in [1.82, 2.24) is 5.32 Å². The average Bonchev–Trinajstić information content (AvgIpc) is 3.13. The second kappa shape index (κ2) is 5.13. The molecule has 5 nitrogen and oxygen atoms in total. The van der Waals surface area contributed by atoms with Gasteiger partial charge in [0, 0.05) is 6.04 Å². The van der Waals surface area contributed by atoms with Crippen molar-refractivity contribution in [3.8, 4) is 0 Å². The molecule has 1 aromatic heterocycles. The second-order valence-corrected chi connectivity index (χ2v) is 5.86. The molecule has 0 spiro atoms. The Hall–Kier alpha value is -1.49. The van der Waals surface area contributed by atoms with E-state index in [1.807, 2.05) is 0 Å². The Morgan fingerprint density at radius 2 is 2.10 bits per heavy atom. The SMILES string of the molecule is COC(=O)[C@H]1[C@H]2CC[C@@H](C2)[C@@H]1NC(=O)c1ccc(Cl)o1. The highest BCUT2D eigenvalue weighted by Gasteiger charge is 2.52. The van der Waals surface area contributed by atoms with Crippen LogP contribution >= 0.6 is 11.6 Å². The zero-order chi connectivity index (χ0) is 14.3. The predicted molar refractivity (Wildman–Crippen MR) is 71.3 cm³/mol. The number of esters is 1. The first-order valence-corrected chi connectivity index (χ1v) is 7.12. The molecular formula is C14H16ClNO4. The smallest absolute Gasteiger partial charge is 0.311 e. The normalized spacial score (nSPS) is 31.3. The molecule has 2 saturated carbocycles. The van der Waals surface area contributed by atoms with E-state index in [4.69, 9.17) is 20.8 Å². The summed E-state index contributed by atoms with van der Waals surface area (Å²) in [6.45, 7) is 0. The minimum Gasteiger partial charge on any atom is -0.469 e. The lowest BCUT2D eigenvalue weighted by Gasteiger charge is -2.29. The summed E-state index contributed by atoms with van der Waals surface area (Å²) in [5, 5.41) is 3.09. The summed E-state index contributed by atoms with van der Waals surface area (Å²) < 4.78 is 9.97. The van der Waals surface area contributed by atoms with Crippen molar-refractivity contribution in [3.63, 3.8) is 0 Å². The van der Waals surface area contributed by atoms with Crippen molar-refractivity contribution in [3.05, 3.63) is 23.1 Å². The van der Waals surface area contributed by atoms with E-state index in [0.717, 1.165) is 19.3 Å². The van der Waals surface area contributed by atoms with Gasteiger partial charge >= 0.3 is 5.97 Å². The van der Waals surface area contributed by atoms with E-state index in [1.54, 1.807) is 0 Å². The Morgan fingerprint density at radius 3 is 2.75 bits per heavy atom. The highest BCUT2D eigenvalue weighted by molar-refractivity contribution is 6.29. The third-order valence-electron chi connectivity index (χ3n) is 4.48. The number of amides is 1. The van der Waals surface area contributed by atoms with E-state index in [1.165, 1.54) is 19.2 Å². The summed E-state index contributed by atoms with van der Waals surface area (Å²) >= 11 is 5.66. The van der Waals surface area contributed by atoms with E-state index in [0.29, 0.717) is 11.8 Å². The molecule has 2 bridgehead atoms. The fourth-order valence-electron chi connectivity index (χ4n) is 3.63. The van der Waals surface area contributed by atoms with Crippen molar-refractivity contribution in [2.24, 2.45) is 17.8 Å². The number of furan rings is 1. The molecule has 0 radical (unpaired) electrons. The molecule has 4 atom stereocenters. The fraction of sp³-hybridized carbons (Fsp3) is 0.571. The van der Waals surface area contributed by atoms with Gasteiger partial charge in [0.25, 0.3) is 5.91 Å². The molecule has 0 saturated heterocycles. The summed E-state index contributed by atoms with van der Waals surface area (Å²) in [6.07, 6.45) is 3.05. The molecule has 1 heterocycles. The number of hydrogen-bond donors (Lipinski definition) is 1. The number of fused-ring (bicyclic) bond motifs is 2. The van der Waals surface area contributed by atoms with Gasteiger partial charge in [0.1, 0.15) is 0 Å². The summed E-state index contributed by atoms with van der Waals surface area (Å²) in [5.74, 6) is 0.0225. The van der Waals surface area contributed by atoms with Gasteiger partial charge in [-0.3, -0.25) is 9.59 Å². The van der Waals surface area contributed by atoms with E-state index in [2.05, 4.69) is 5.32 Å². The maximum Gasteiger partial charge on any atom is 0.311 e. The maximum atomic E-state index is 12.1. The lowest BCUT2D eigenvalue weighted by atomic mass is 9.84. The topological polar surface area (TPSA) is 68.5 Å². The Labute approximate surface area is 121 Å². The predicted octanol–water partition coefficient (Wildman–Crippen LogP) is 2.25. The maximum absolute atomic E-state index is 12.1. The van der Waals surface area contributed by atoms with Gasteiger partial charge in [0.2, 0.25) is 0 Å². The van der Waals surface area contributed by atoms with Crippen molar-refractivity contribution in [2.75, 3.05) is 7.11 Å². The summed E-state index contributed by atoms with van der Waals surface area (Å²) in [4.78, 5) is 24.0. The van der Waals surface area contributed by atoms with Gasteiger partial charge in [-0.05, 0) is 54.8 Å². The molecule has 2 aliphatic rings. The van der Waals surface area contributed by atoms with Crippen LogP contribution < -0.4 is 5.32 Å². The number of nitrogens with one attached hydrogen (secondary N) is 1. The number of methoxy groups -OCH3 is 1. The van der Waals surface area contributed by atoms with E-state index < -0.39 is 0 Å². The van der Waals surface area contributed by atoms with Crippen LogP contribution in [0.4, 0.5) is 0 Å². The first kappa shape index (κ1) is 13.5. The zero-order valence-corrected chi connectivity index (χ0v) is 11.9. The van der Waals surface area contributed by atoms with Gasteiger partial charge in [-0.2, -0.15) is 0 Å². The van der Waals surface area contributed by atoms with Crippen LogP contribution in [0.1, 0.15) is 29.8 Å². The van der Waals surface area contributed by atoms with Gasteiger partial charge in [-0.1, -0.05) is 0 Å². The van der Waals surface area contributed by atoms with Crippen LogP contribution in [0.2, 0.25) is 5.22 Å². The highest BCUT2D eigenvalue weighted by Crippen LogP contribution is 2.49. The quantitative estimate of drug-likeness (QED) is 0.869. The molecule has 1 aromatic rings. The van der Waals surface area contributed by atoms with Crippen LogP contribution in [-0.4, -0.2) is 25.0 Å². The number of hydrogen-bond acceptors (Lipinski definition) is 4. The Kier molecular flexibility index (Phi) is 3.46. The molecule has 3 rings (SSSR count). The minimum absolute atomic E-state index is 0.168. The van der Waals surface area contributed by atoms with E-state index in [-0.39, 0.29) is 34.8 Å². The molecule has 0 unspecified atom stereocenters. The number of ether oxygens (including phenoxy) is 1. The molecular weight excluding hydrogens is 282 g/mol. The number of carbonyl (C=O) groups excluding carboxylic acids is 2. The molecule has 1 amide bonds. The first-order chi connectivity index (χ1) is 9.60. The summed E-state index contributed by atoms with van der Waals surface area (Å²) in [6, 6.07) is 2.88. The van der Waals surface area contributed by atoms with Crippen LogP contribution in [0.15, 0.2) is 16.5 Å². The molecule has 0 aliphatic heterocycles. The second-order valence-electron chi connectivity index (χ2n) is 5.49. The Morgan fingerprint density at radius 1 is 1.35 bits per heavy atom. The van der Waals surface area contributed by atoms with E-state index >= 15 is 0 Å². The zero-order valence-electron chi connectivity index (χ0n) is 11.1. The van der Waals surface area contributed by atoms with Gasteiger partial charge in [-0.25, -0.2) is 0 Å². The molecule has 6 heteroatoms. The van der Waals surface area contributed by atoms with Gasteiger partial charge in [0.05, 0.1) is 13.0 Å². The number of halogens is 1. The van der Waals surface area contributed by atoms with Crippen molar-refractivity contribution >= 4 is 23.5 Å². The minimum atomic E-state index is -0.330. The van der Waals surface area contributed by atoms with Gasteiger partial charge in [0.15, 0.2) is 11.0 Å². The summed E-state index contributed by atoms with van der Waals surface area (Å²) in [5.41, 5.74) is 0. The van der Waals surface area contributed by atoms with Crippen LogP contribution in [0.5, 0.6) is 0 Å². The number of carbonyl (C=O) groups is 2. The summed E-state index contributed by atoms with van der Waals surface area (Å²) in [7, 11) is 1.39.